The Balaban J connectivity index is 2.66. The number of carbonyl (C=O) groups is 4. The summed E-state index contributed by atoms with van der Waals surface area (Å²) in [7, 11) is 0. The maximum absolute atomic E-state index is 12.4. The molecule has 3 N–H and O–H groups in total. The average Bonchev–Trinajstić information content (AvgIpc) is 2.59. The maximum atomic E-state index is 12.4. The van der Waals surface area contributed by atoms with Gasteiger partial charge in [0.2, 0.25) is 6.10 Å². The van der Waals surface area contributed by atoms with E-state index in [0.717, 1.165) is 0 Å². The summed E-state index contributed by atoms with van der Waals surface area (Å²) in [4.78, 5) is 47.7. The van der Waals surface area contributed by atoms with Gasteiger partial charge in [0.15, 0.2) is 0 Å². The number of rotatable bonds is 7. The predicted molar refractivity (Wildman–Crippen MR) is 101 cm³/mol. The monoisotopic (exact) mass is 393 g/mol. The molecular formula is C19H27N3O6. The first kappa shape index (κ1) is 22.9. The quantitative estimate of drug-likeness (QED) is 0.609. The number of alkyl carbamates (subject to hydrolysis) is 1. The fraction of sp³-hybridized carbons (Fsp3) is 0.474. The van der Waals surface area contributed by atoms with Crippen LogP contribution in [0.2, 0.25) is 0 Å². The molecule has 0 fully saturated rings. The van der Waals surface area contributed by atoms with Gasteiger partial charge in [0, 0.05) is 18.7 Å². The van der Waals surface area contributed by atoms with Crippen molar-refractivity contribution in [2.45, 2.75) is 45.8 Å². The minimum Gasteiger partial charge on any atom is -0.447 e. The second kappa shape index (κ2) is 10.9. The van der Waals surface area contributed by atoms with Crippen LogP contribution in [0, 0.1) is 0 Å². The molecule has 0 saturated heterocycles. The summed E-state index contributed by atoms with van der Waals surface area (Å²) in [6, 6.07) is 7.63. The van der Waals surface area contributed by atoms with Gasteiger partial charge in [-0.2, -0.15) is 0 Å². The summed E-state index contributed by atoms with van der Waals surface area (Å²) in [5, 5.41) is 6.99. The minimum atomic E-state index is -1.29. The number of amides is 4. The Labute approximate surface area is 164 Å². The second-order valence-electron chi connectivity index (χ2n) is 6.81. The molecule has 1 rings (SSSR count). The van der Waals surface area contributed by atoms with Gasteiger partial charge in [-0.25, -0.2) is 9.59 Å². The van der Waals surface area contributed by atoms with Gasteiger partial charge in [0.1, 0.15) is 5.60 Å². The Morgan fingerprint density at radius 3 is 2.25 bits per heavy atom. The second-order valence-corrected chi connectivity index (χ2v) is 6.81. The van der Waals surface area contributed by atoms with Crippen molar-refractivity contribution in [3.8, 4) is 0 Å². The summed E-state index contributed by atoms with van der Waals surface area (Å²) < 4.78 is 10.3. The summed E-state index contributed by atoms with van der Waals surface area (Å²) in [6.45, 7) is 7.19. The van der Waals surface area contributed by atoms with E-state index in [9.17, 15) is 19.2 Å². The number of hydrogen-bond acceptors (Lipinski definition) is 6. The van der Waals surface area contributed by atoms with Crippen LogP contribution in [-0.4, -0.2) is 42.7 Å². The van der Waals surface area contributed by atoms with E-state index in [-0.39, 0.29) is 13.0 Å². The summed E-state index contributed by atoms with van der Waals surface area (Å²) in [5.41, 5.74) is -0.238. The molecule has 0 heterocycles. The Morgan fingerprint density at radius 1 is 1.04 bits per heavy atom. The standard InChI is InChI=1S/C19H27N3O6/c1-5-20-17(25)22-16(24)15(13-9-7-6-8-10-13)27-14(23)11-12-21-18(26)28-19(2,3)4/h6-10,15H,5,11-12H2,1-4H3,(H,21,26)(H2,20,22,24,25)/t15-/m0/s1. The molecule has 1 aromatic carbocycles. The summed E-state index contributed by atoms with van der Waals surface area (Å²) in [5.74, 6) is -1.48. The topological polar surface area (TPSA) is 123 Å². The van der Waals surface area contributed by atoms with E-state index in [2.05, 4.69) is 16.0 Å². The molecule has 0 aliphatic carbocycles. The fourth-order valence-corrected chi connectivity index (χ4v) is 2.05. The van der Waals surface area contributed by atoms with Crippen LogP contribution >= 0.6 is 0 Å². The van der Waals surface area contributed by atoms with Crippen molar-refractivity contribution in [1.29, 1.82) is 0 Å². The zero-order valence-electron chi connectivity index (χ0n) is 16.5. The van der Waals surface area contributed by atoms with Gasteiger partial charge in [-0.15, -0.1) is 0 Å². The summed E-state index contributed by atoms with van der Waals surface area (Å²) in [6.07, 6.45) is -2.12. The molecule has 1 atom stereocenters. The molecule has 0 bridgehead atoms. The van der Waals surface area contributed by atoms with Crippen LogP contribution in [0.1, 0.15) is 45.8 Å². The van der Waals surface area contributed by atoms with Gasteiger partial charge in [0.25, 0.3) is 5.91 Å². The Kier molecular flexibility index (Phi) is 8.94. The van der Waals surface area contributed by atoms with Crippen molar-refractivity contribution >= 4 is 24.0 Å². The molecule has 0 spiro atoms. The van der Waals surface area contributed by atoms with E-state index in [4.69, 9.17) is 9.47 Å². The van der Waals surface area contributed by atoms with Gasteiger partial charge in [-0.1, -0.05) is 30.3 Å². The van der Waals surface area contributed by atoms with Crippen LogP contribution in [-0.2, 0) is 19.1 Å². The molecule has 9 heteroatoms. The van der Waals surface area contributed by atoms with E-state index in [1.807, 2.05) is 0 Å². The number of esters is 1. The van der Waals surface area contributed by atoms with Crippen molar-refractivity contribution in [3.05, 3.63) is 35.9 Å². The van der Waals surface area contributed by atoms with E-state index in [0.29, 0.717) is 12.1 Å². The summed E-state index contributed by atoms with van der Waals surface area (Å²) >= 11 is 0. The first-order chi connectivity index (χ1) is 13.1. The molecule has 9 nitrogen and oxygen atoms in total. The van der Waals surface area contributed by atoms with Gasteiger partial charge >= 0.3 is 18.1 Å². The number of nitrogens with one attached hydrogen (secondary N) is 3. The van der Waals surface area contributed by atoms with Crippen molar-refractivity contribution < 1.29 is 28.7 Å². The normalized spacial score (nSPS) is 11.7. The molecule has 0 aromatic heterocycles. The third kappa shape index (κ3) is 9.02. The van der Waals surface area contributed by atoms with Crippen LogP contribution in [0.15, 0.2) is 30.3 Å². The molecule has 0 radical (unpaired) electrons. The van der Waals surface area contributed by atoms with Crippen LogP contribution in [0.5, 0.6) is 0 Å². The molecule has 0 saturated carbocycles. The van der Waals surface area contributed by atoms with Crippen molar-refractivity contribution in [1.82, 2.24) is 16.0 Å². The third-order valence-corrected chi connectivity index (χ3v) is 3.16. The molecule has 1 aromatic rings. The average molecular weight is 393 g/mol. The molecule has 28 heavy (non-hydrogen) atoms. The lowest BCUT2D eigenvalue weighted by Crippen LogP contribution is -2.42. The lowest BCUT2D eigenvalue weighted by molar-refractivity contribution is -0.156. The highest BCUT2D eigenvalue weighted by atomic mass is 16.6. The Hall–Kier alpha value is -3.10. The molecule has 154 valence electrons. The van der Waals surface area contributed by atoms with Crippen LogP contribution in [0.25, 0.3) is 0 Å². The minimum absolute atomic E-state index is 0.0206. The van der Waals surface area contributed by atoms with Crippen molar-refractivity contribution in [2.75, 3.05) is 13.1 Å². The SMILES string of the molecule is CCNC(=O)NC(=O)[C@@H](OC(=O)CCNC(=O)OC(C)(C)C)c1ccccc1. The van der Waals surface area contributed by atoms with Crippen LogP contribution in [0.4, 0.5) is 9.59 Å². The van der Waals surface area contributed by atoms with Crippen molar-refractivity contribution in [2.24, 2.45) is 0 Å². The predicted octanol–water partition coefficient (Wildman–Crippen LogP) is 2.03. The number of imide groups is 1. The third-order valence-electron chi connectivity index (χ3n) is 3.16. The lowest BCUT2D eigenvalue weighted by atomic mass is 10.1. The van der Waals surface area contributed by atoms with Crippen molar-refractivity contribution in [3.63, 3.8) is 0 Å². The number of hydrogen-bond donors (Lipinski definition) is 3. The molecule has 4 amide bonds. The number of urea groups is 1. The number of ether oxygens (including phenoxy) is 2. The molecular weight excluding hydrogens is 366 g/mol. The zero-order chi connectivity index (χ0) is 21.2. The lowest BCUT2D eigenvalue weighted by Gasteiger charge is -2.20. The van der Waals surface area contributed by atoms with E-state index in [1.54, 1.807) is 58.0 Å². The van der Waals surface area contributed by atoms with Gasteiger partial charge < -0.3 is 20.1 Å². The molecule has 0 aliphatic heterocycles. The zero-order valence-corrected chi connectivity index (χ0v) is 16.5. The largest absolute Gasteiger partial charge is 0.447 e. The molecule has 0 unspecified atom stereocenters. The highest BCUT2D eigenvalue weighted by Gasteiger charge is 2.26. The fourth-order valence-electron chi connectivity index (χ4n) is 2.05. The van der Waals surface area contributed by atoms with E-state index in [1.165, 1.54) is 0 Å². The first-order valence-corrected chi connectivity index (χ1v) is 8.92. The Bertz CT molecular complexity index is 685. The molecule has 0 aliphatic rings. The van der Waals surface area contributed by atoms with Crippen LogP contribution < -0.4 is 16.0 Å². The highest BCUT2D eigenvalue weighted by molar-refractivity contribution is 5.97. The number of benzene rings is 1. The van der Waals surface area contributed by atoms with Crippen LogP contribution in [0.3, 0.4) is 0 Å². The first-order valence-electron chi connectivity index (χ1n) is 8.92. The van der Waals surface area contributed by atoms with E-state index >= 15 is 0 Å². The Morgan fingerprint density at radius 2 is 1.68 bits per heavy atom. The van der Waals surface area contributed by atoms with E-state index < -0.39 is 35.7 Å². The maximum Gasteiger partial charge on any atom is 0.407 e. The van der Waals surface area contributed by atoms with Gasteiger partial charge in [-0.3, -0.25) is 14.9 Å². The van der Waals surface area contributed by atoms with Gasteiger partial charge in [-0.05, 0) is 27.7 Å². The number of carbonyl (C=O) groups excluding carboxylic acids is 4. The smallest absolute Gasteiger partial charge is 0.407 e. The highest BCUT2D eigenvalue weighted by Crippen LogP contribution is 2.18. The van der Waals surface area contributed by atoms with Gasteiger partial charge in [0.05, 0.1) is 6.42 Å².